The predicted octanol–water partition coefficient (Wildman–Crippen LogP) is 6.24. The molecule has 186 valence electrons. The van der Waals surface area contributed by atoms with Crippen molar-refractivity contribution >= 4 is 56.5 Å². The van der Waals surface area contributed by atoms with Crippen molar-refractivity contribution in [3.8, 4) is 5.69 Å². The minimum atomic E-state index is -0.189. The fourth-order valence-electron chi connectivity index (χ4n) is 4.29. The molecule has 1 N–H and O–H groups in total. The maximum Gasteiger partial charge on any atom is 0.267 e. The molecule has 1 aliphatic heterocycles. The molecule has 2 aromatic carbocycles. The Morgan fingerprint density at radius 1 is 1.28 bits per heavy atom. The van der Waals surface area contributed by atoms with Gasteiger partial charge in [0.2, 0.25) is 5.91 Å². The normalized spacial score (nSPS) is 15.3. The number of halogens is 1. The number of rotatable bonds is 6. The molecule has 4 aromatic rings. The summed E-state index contributed by atoms with van der Waals surface area (Å²) in [7, 11) is 0. The van der Waals surface area contributed by atoms with Gasteiger partial charge in [0.05, 0.1) is 29.5 Å². The summed E-state index contributed by atoms with van der Waals surface area (Å²) in [5.74, 6) is 0.274. The van der Waals surface area contributed by atoms with Crippen LogP contribution < -0.4 is 10.9 Å². The molecule has 0 fully saturated rings. The minimum Gasteiger partial charge on any atom is -0.372 e. The van der Waals surface area contributed by atoms with Gasteiger partial charge in [-0.3, -0.25) is 14.2 Å². The lowest BCUT2D eigenvalue weighted by Crippen LogP contribution is -2.28. The van der Waals surface area contributed by atoms with Gasteiger partial charge in [-0.2, -0.15) is 0 Å². The minimum absolute atomic E-state index is 0.0766. The maximum absolute atomic E-state index is 14.0. The summed E-state index contributed by atoms with van der Waals surface area (Å²) in [4.78, 5) is 33.3. The number of aryl methyl sites for hydroxylation is 1. The highest BCUT2D eigenvalue weighted by atomic mass is 35.5. The van der Waals surface area contributed by atoms with E-state index in [-0.39, 0.29) is 23.3 Å². The van der Waals surface area contributed by atoms with E-state index in [9.17, 15) is 9.59 Å². The van der Waals surface area contributed by atoms with Gasteiger partial charge in [0, 0.05) is 22.0 Å². The quantitative estimate of drug-likeness (QED) is 0.232. The second-order valence-electron chi connectivity index (χ2n) is 9.20. The van der Waals surface area contributed by atoms with E-state index in [4.69, 9.17) is 21.3 Å². The van der Waals surface area contributed by atoms with Crippen LogP contribution in [0.2, 0.25) is 5.02 Å². The first-order chi connectivity index (χ1) is 17.3. The number of anilines is 1. The Bertz CT molecular complexity index is 1490. The zero-order valence-corrected chi connectivity index (χ0v) is 22.6. The zero-order chi connectivity index (χ0) is 25.4. The van der Waals surface area contributed by atoms with Crippen molar-refractivity contribution in [1.82, 2.24) is 9.55 Å². The molecule has 3 heterocycles. The highest BCUT2D eigenvalue weighted by molar-refractivity contribution is 7.99. The third kappa shape index (κ3) is 5.09. The van der Waals surface area contributed by atoms with E-state index in [1.807, 2.05) is 31.2 Å². The lowest BCUT2D eigenvalue weighted by atomic mass is 9.96. The summed E-state index contributed by atoms with van der Waals surface area (Å²) in [6, 6.07) is 14.7. The second-order valence-corrected chi connectivity index (χ2v) is 11.7. The van der Waals surface area contributed by atoms with Crippen molar-refractivity contribution in [3.63, 3.8) is 0 Å². The van der Waals surface area contributed by atoms with Gasteiger partial charge >= 0.3 is 0 Å². The SMILES string of the molecule is Cc1cccc(-n2c(SCC(=O)Nc3ccc(Cl)cc3)nc3sc4c(c3c2=O)CC(C(C)C)OC4)c1. The Hall–Kier alpha value is -2.65. The number of fused-ring (bicyclic) bond motifs is 3. The Kier molecular flexibility index (Phi) is 7.21. The Labute approximate surface area is 222 Å². The fraction of sp³-hybridized carbons (Fsp3) is 0.296. The smallest absolute Gasteiger partial charge is 0.267 e. The molecule has 1 atom stereocenters. The maximum atomic E-state index is 14.0. The number of carbonyl (C=O) groups excluding carboxylic acids is 1. The summed E-state index contributed by atoms with van der Waals surface area (Å²) in [5.41, 5.74) is 3.39. The third-order valence-electron chi connectivity index (χ3n) is 6.18. The van der Waals surface area contributed by atoms with Gasteiger partial charge in [-0.1, -0.05) is 49.3 Å². The molecule has 0 saturated carbocycles. The molecule has 1 amide bonds. The van der Waals surface area contributed by atoms with Crippen LogP contribution in [-0.4, -0.2) is 27.3 Å². The van der Waals surface area contributed by atoms with Crippen LogP contribution >= 0.6 is 34.7 Å². The molecule has 6 nitrogen and oxygen atoms in total. The van der Waals surface area contributed by atoms with Gasteiger partial charge in [-0.15, -0.1) is 11.3 Å². The van der Waals surface area contributed by atoms with E-state index in [2.05, 4.69) is 19.2 Å². The average Bonchev–Trinajstić information content (AvgIpc) is 3.22. The van der Waals surface area contributed by atoms with Crippen molar-refractivity contribution in [1.29, 1.82) is 0 Å². The van der Waals surface area contributed by atoms with Crippen LogP contribution in [0.5, 0.6) is 0 Å². The Morgan fingerprint density at radius 2 is 2.06 bits per heavy atom. The van der Waals surface area contributed by atoms with Crippen molar-refractivity contribution in [2.75, 3.05) is 11.1 Å². The number of hydrogen-bond acceptors (Lipinski definition) is 6. The highest BCUT2D eigenvalue weighted by Gasteiger charge is 2.29. The monoisotopic (exact) mass is 539 g/mol. The summed E-state index contributed by atoms with van der Waals surface area (Å²) >= 11 is 8.69. The number of hydrogen-bond donors (Lipinski definition) is 1. The first-order valence-electron chi connectivity index (χ1n) is 11.7. The molecule has 2 aromatic heterocycles. The zero-order valence-electron chi connectivity index (χ0n) is 20.2. The van der Waals surface area contributed by atoms with Crippen molar-refractivity contribution in [3.05, 3.63) is 79.9 Å². The number of carbonyl (C=O) groups is 1. The lowest BCUT2D eigenvalue weighted by Gasteiger charge is -2.26. The van der Waals surface area contributed by atoms with Crippen LogP contribution in [0, 0.1) is 12.8 Å². The summed E-state index contributed by atoms with van der Waals surface area (Å²) in [5, 5.41) is 4.63. The van der Waals surface area contributed by atoms with E-state index < -0.39 is 0 Å². The van der Waals surface area contributed by atoms with Gasteiger partial charge < -0.3 is 10.1 Å². The van der Waals surface area contributed by atoms with E-state index in [0.717, 1.165) is 21.7 Å². The van der Waals surface area contributed by atoms with Crippen LogP contribution in [0.4, 0.5) is 5.69 Å². The van der Waals surface area contributed by atoms with Crippen LogP contribution in [0.15, 0.2) is 58.5 Å². The van der Waals surface area contributed by atoms with Gasteiger partial charge in [-0.05, 0) is 60.4 Å². The topological polar surface area (TPSA) is 73.2 Å². The summed E-state index contributed by atoms with van der Waals surface area (Å²) in [6.07, 6.45) is 0.779. The Morgan fingerprint density at radius 3 is 2.78 bits per heavy atom. The van der Waals surface area contributed by atoms with Crippen LogP contribution in [0.25, 0.3) is 15.9 Å². The predicted molar refractivity (Wildman–Crippen MR) is 148 cm³/mol. The molecule has 0 radical (unpaired) electrons. The van der Waals surface area contributed by atoms with Gasteiger partial charge in [-0.25, -0.2) is 4.98 Å². The summed E-state index contributed by atoms with van der Waals surface area (Å²) in [6.45, 7) is 6.76. The number of ether oxygens (including phenoxy) is 1. The molecule has 36 heavy (non-hydrogen) atoms. The largest absolute Gasteiger partial charge is 0.372 e. The van der Waals surface area contributed by atoms with Gasteiger partial charge in [0.1, 0.15) is 4.83 Å². The average molecular weight is 540 g/mol. The molecule has 9 heteroatoms. The van der Waals surface area contributed by atoms with Crippen molar-refractivity contribution in [2.45, 2.75) is 45.1 Å². The number of benzene rings is 2. The van der Waals surface area contributed by atoms with E-state index >= 15 is 0 Å². The number of nitrogens with zero attached hydrogens (tertiary/aromatic N) is 2. The number of thioether (sulfide) groups is 1. The molecular formula is C27H26ClN3O3S2. The molecule has 0 bridgehead atoms. The summed E-state index contributed by atoms with van der Waals surface area (Å²) < 4.78 is 7.69. The highest BCUT2D eigenvalue weighted by Crippen LogP contribution is 2.36. The fourth-order valence-corrected chi connectivity index (χ4v) is 6.39. The van der Waals surface area contributed by atoms with Crippen LogP contribution in [0.3, 0.4) is 0 Å². The number of aromatic nitrogens is 2. The van der Waals surface area contributed by atoms with Gasteiger partial charge in [0.25, 0.3) is 5.56 Å². The van der Waals surface area contributed by atoms with E-state index in [1.54, 1.807) is 28.8 Å². The molecule has 0 saturated heterocycles. The molecule has 1 aliphatic rings. The van der Waals surface area contributed by atoms with Gasteiger partial charge in [0.15, 0.2) is 5.16 Å². The number of nitrogens with one attached hydrogen (secondary N) is 1. The number of thiophene rings is 1. The molecular weight excluding hydrogens is 514 g/mol. The molecule has 0 spiro atoms. The van der Waals surface area contributed by atoms with Crippen LogP contribution in [0.1, 0.15) is 29.9 Å². The number of amides is 1. The molecule has 5 rings (SSSR count). The van der Waals surface area contributed by atoms with Crippen molar-refractivity contribution in [2.24, 2.45) is 5.92 Å². The standard InChI is InChI=1S/C27H26ClN3O3S2/c1-15(2)21-12-20-22(13-34-21)36-25-24(20)26(33)31(19-6-4-5-16(3)11-19)27(30-25)35-14-23(32)29-18-9-7-17(28)8-10-18/h4-11,15,21H,12-14H2,1-3H3,(H,29,32). The first kappa shape index (κ1) is 25.0. The van der Waals surface area contributed by atoms with E-state index in [0.29, 0.717) is 45.0 Å². The molecule has 1 unspecified atom stereocenters. The van der Waals surface area contributed by atoms with E-state index in [1.165, 1.54) is 23.1 Å². The third-order valence-corrected chi connectivity index (χ3v) is 8.47. The van der Waals surface area contributed by atoms with Crippen molar-refractivity contribution < 1.29 is 9.53 Å². The lowest BCUT2D eigenvalue weighted by molar-refractivity contribution is -0.113. The first-order valence-corrected chi connectivity index (χ1v) is 13.9. The molecule has 0 aliphatic carbocycles. The van der Waals surface area contributed by atoms with Crippen LogP contribution in [-0.2, 0) is 22.6 Å². The Balaban J connectivity index is 1.53. The second kappa shape index (κ2) is 10.4.